The molecule has 0 aliphatic heterocycles. The Hall–Kier alpha value is -1.05. The Morgan fingerprint density at radius 1 is 1.53 bits per heavy atom. The van der Waals surface area contributed by atoms with Gasteiger partial charge in [0.2, 0.25) is 5.88 Å². The highest BCUT2D eigenvalue weighted by Crippen LogP contribution is 2.24. The Bertz CT molecular complexity index is 421. The molecule has 0 aromatic carbocycles. The molecule has 2 rings (SSSR count). The van der Waals surface area contributed by atoms with Crippen LogP contribution >= 0.6 is 24.0 Å². The highest BCUT2D eigenvalue weighted by Gasteiger charge is 2.16. The second-order valence-corrected chi connectivity index (χ2v) is 4.55. The highest BCUT2D eigenvalue weighted by molar-refractivity contribution is 14.0. The molecule has 19 heavy (non-hydrogen) atoms. The fraction of sp³-hybridized carbons (Fsp3) is 0.538. The monoisotopic (exact) mass is 376 g/mol. The molecular formula is C13H21IN4O. The van der Waals surface area contributed by atoms with Gasteiger partial charge in [-0.1, -0.05) is 12.5 Å². The summed E-state index contributed by atoms with van der Waals surface area (Å²) in [6, 6.07) is 5.62. The lowest BCUT2D eigenvalue weighted by molar-refractivity contribution is 0.315. The van der Waals surface area contributed by atoms with Gasteiger partial charge in [0.25, 0.3) is 0 Å². The Labute approximate surface area is 131 Å². The Kier molecular flexibility index (Phi) is 6.90. The number of nitrogens with one attached hydrogen (secondary N) is 1. The Morgan fingerprint density at radius 3 is 2.95 bits per heavy atom. The standard InChI is InChI=1S/C13H20N4O.HI/c1-18-12-7-3-6-11(17-12)9-16-13(14)15-8-10-4-2-5-10;/h3,6-7,10H,2,4-5,8-9H2,1H3,(H3,14,15,16);1H. The van der Waals surface area contributed by atoms with Gasteiger partial charge in [0.1, 0.15) is 0 Å². The van der Waals surface area contributed by atoms with Gasteiger partial charge in [-0.3, -0.25) is 0 Å². The first-order valence-electron chi connectivity index (χ1n) is 6.31. The topological polar surface area (TPSA) is 72.5 Å². The summed E-state index contributed by atoms with van der Waals surface area (Å²) in [6.07, 6.45) is 3.95. The van der Waals surface area contributed by atoms with Crippen molar-refractivity contribution in [2.45, 2.75) is 25.8 Å². The Morgan fingerprint density at radius 2 is 2.32 bits per heavy atom. The van der Waals surface area contributed by atoms with E-state index in [9.17, 15) is 0 Å². The molecule has 1 fully saturated rings. The molecule has 0 radical (unpaired) electrons. The minimum Gasteiger partial charge on any atom is -0.481 e. The number of hydrogen-bond acceptors (Lipinski definition) is 3. The van der Waals surface area contributed by atoms with Crippen LogP contribution in [0.1, 0.15) is 25.0 Å². The molecule has 0 amide bonds. The van der Waals surface area contributed by atoms with Gasteiger partial charge in [0, 0.05) is 12.6 Å². The van der Waals surface area contributed by atoms with Gasteiger partial charge in [0.15, 0.2) is 5.96 Å². The van der Waals surface area contributed by atoms with Gasteiger partial charge in [-0.15, -0.1) is 24.0 Å². The molecule has 0 saturated heterocycles. The smallest absolute Gasteiger partial charge is 0.213 e. The lowest BCUT2D eigenvalue weighted by atomic mass is 9.85. The van der Waals surface area contributed by atoms with Crippen molar-refractivity contribution in [3.8, 4) is 5.88 Å². The summed E-state index contributed by atoms with van der Waals surface area (Å²) in [5.74, 6) is 1.86. The third kappa shape index (κ3) is 5.22. The molecule has 1 aromatic heterocycles. The summed E-state index contributed by atoms with van der Waals surface area (Å²) in [5, 5.41) is 3.15. The molecule has 0 bridgehead atoms. The predicted molar refractivity (Wildman–Crippen MR) is 86.9 cm³/mol. The molecule has 0 atom stereocenters. The van der Waals surface area contributed by atoms with E-state index >= 15 is 0 Å². The summed E-state index contributed by atoms with van der Waals surface area (Å²) in [5.41, 5.74) is 6.65. The van der Waals surface area contributed by atoms with E-state index in [0.29, 0.717) is 18.4 Å². The number of halogens is 1. The van der Waals surface area contributed by atoms with Gasteiger partial charge in [0.05, 0.1) is 19.3 Å². The van der Waals surface area contributed by atoms with E-state index < -0.39 is 0 Å². The maximum Gasteiger partial charge on any atom is 0.213 e. The third-order valence-corrected chi connectivity index (χ3v) is 3.20. The van der Waals surface area contributed by atoms with E-state index in [1.54, 1.807) is 7.11 Å². The highest BCUT2D eigenvalue weighted by atomic mass is 127. The van der Waals surface area contributed by atoms with Crippen LogP contribution in [0.3, 0.4) is 0 Å². The molecule has 0 unspecified atom stereocenters. The van der Waals surface area contributed by atoms with Crippen molar-refractivity contribution in [3.63, 3.8) is 0 Å². The maximum absolute atomic E-state index is 5.80. The van der Waals surface area contributed by atoms with Crippen molar-refractivity contribution in [1.29, 1.82) is 0 Å². The lowest BCUT2D eigenvalue weighted by Gasteiger charge is -2.25. The van der Waals surface area contributed by atoms with Crippen LogP contribution in [-0.4, -0.2) is 24.6 Å². The van der Waals surface area contributed by atoms with Crippen molar-refractivity contribution < 1.29 is 4.74 Å². The molecule has 1 heterocycles. The number of ether oxygens (including phenoxy) is 1. The van der Waals surface area contributed by atoms with Crippen molar-refractivity contribution in [2.75, 3.05) is 13.7 Å². The minimum absolute atomic E-state index is 0. The molecule has 3 N–H and O–H groups in total. The summed E-state index contributed by atoms with van der Waals surface area (Å²) >= 11 is 0. The molecule has 0 spiro atoms. The number of aliphatic imine (C=N–C) groups is 1. The zero-order valence-corrected chi connectivity index (χ0v) is 13.5. The van der Waals surface area contributed by atoms with E-state index in [1.165, 1.54) is 19.3 Å². The SMILES string of the molecule is COc1cccc(CN=C(N)NCC2CCC2)n1.I. The van der Waals surface area contributed by atoms with E-state index in [2.05, 4.69) is 15.3 Å². The first-order chi connectivity index (χ1) is 8.78. The van der Waals surface area contributed by atoms with Crippen LogP contribution in [0.5, 0.6) is 5.88 Å². The summed E-state index contributed by atoms with van der Waals surface area (Å²) in [4.78, 5) is 8.54. The molecule has 106 valence electrons. The van der Waals surface area contributed by atoms with Crippen molar-refractivity contribution in [3.05, 3.63) is 23.9 Å². The number of methoxy groups -OCH3 is 1. The van der Waals surface area contributed by atoms with Gasteiger partial charge in [-0.25, -0.2) is 9.98 Å². The van der Waals surface area contributed by atoms with Crippen molar-refractivity contribution in [1.82, 2.24) is 10.3 Å². The number of rotatable bonds is 5. The molecule has 1 aromatic rings. The molecule has 1 aliphatic rings. The number of nitrogens with zero attached hydrogens (tertiary/aromatic N) is 2. The predicted octanol–water partition coefficient (Wildman–Crippen LogP) is 1.91. The first-order valence-corrected chi connectivity index (χ1v) is 6.31. The summed E-state index contributed by atoms with van der Waals surface area (Å²) in [6.45, 7) is 1.40. The summed E-state index contributed by atoms with van der Waals surface area (Å²) < 4.78 is 5.06. The van der Waals surface area contributed by atoms with Crippen LogP contribution in [0.4, 0.5) is 0 Å². The average Bonchev–Trinajstić information content (AvgIpc) is 2.35. The van der Waals surface area contributed by atoms with Gasteiger partial charge in [-0.05, 0) is 24.8 Å². The first kappa shape index (κ1) is 16.0. The number of hydrogen-bond donors (Lipinski definition) is 2. The number of guanidine groups is 1. The molecular weight excluding hydrogens is 355 g/mol. The minimum atomic E-state index is 0. The Balaban J connectivity index is 0.00000180. The maximum atomic E-state index is 5.80. The van der Waals surface area contributed by atoms with Crippen LogP contribution in [0.25, 0.3) is 0 Å². The third-order valence-electron chi connectivity index (χ3n) is 3.20. The normalized spacial score (nSPS) is 15.3. The number of pyridine rings is 1. The molecule has 5 nitrogen and oxygen atoms in total. The van der Waals surface area contributed by atoms with Crippen molar-refractivity contribution in [2.24, 2.45) is 16.6 Å². The van der Waals surface area contributed by atoms with E-state index in [4.69, 9.17) is 10.5 Å². The molecule has 6 heteroatoms. The lowest BCUT2D eigenvalue weighted by Crippen LogP contribution is -2.37. The molecule has 1 saturated carbocycles. The van der Waals surface area contributed by atoms with E-state index in [0.717, 1.165) is 18.2 Å². The number of aromatic nitrogens is 1. The number of nitrogens with two attached hydrogens (primary N) is 1. The largest absolute Gasteiger partial charge is 0.481 e. The molecule has 1 aliphatic carbocycles. The van der Waals surface area contributed by atoms with E-state index in [-0.39, 0.29) is 24.0 Å². The van der Waals surface area contributed by atoms with Gasteiger partial charge < -0.3 is 15.8 Å². The zero-order valence-electron chi connectivity index (χ0n) is 11.1. The van der Waals surface area contributed by atoms with Gasteiger partial charge in [-0.2, -0.15) is 0 Å². The quantitative estimate of drug-likeness (QED) is 0.468. The fourth-order valence-corrected chi connectivity index (χ4v) is 1.83. The zero-order chi connectivity index (χ0) is 12.8. The fourth-order valence-electron chi connectivity index (χ4n) is 1.83. The van der Waals surface area contributed by atoms with Crippen LogP contribution in [0, 0.1) is 5.92 Å². The van der Waals surface area contributed by atoms with Crippen molar-refractivity contribution >= 4 is 29.9 Å². The van der Waals surface area contributed by atoms with Crippen LogP contribution in [-0.2, 0) is 6.54 Å². The van der Waals surface area contributed by atoms with Crippen LogP contribution in [0.2, 0.25) is 0 Å². The van der Waals surface area contributed by atoms with Gasteiger partial charge >= 0.3 is 0 Å². The second kappa shape index (κ2) is 8.19. The van der Waals surface area contributed by atoms with Crippen LogP contribution in [0.15, 0.2) is 23.2 Å². The van der Waals surface area contributed by atoms with Crippen LogP contribution < -0.4 is 15.8 Å². The summed E-state index contributed by atoms with van der Waals surface area (Å²) in [7, 11) is 1.60. The second-order valence-electron chi connectivity index (χ2n) is 4.55. The average molecular weight is 376 g/mol. The van der Waals surface area contributed by atoms with E-state index in [1.807, 2.05) is 18.2 Å².